The van der Waals surface area contributed by atoms with Crippen LogP contribution in [0.1, 0.15) is 26.2 Å². The summed E-state index contributed by atoms with van der Waals surface area (Å²) in [4.78, 5) is 15.4. The van der Waals surface area contributed by atoms with Crippen LogP contribution >= 0.6 is 0 Å². The number of aliphatic imine (C=N–C) groups is 1. The molecule has 1 aliphatic rings. The first-order valence-corrected chi connectivity index (χ1v) is 5.40. The van der Waals surface area contributed by atoms with Crippen LogP contribution in [0.2, 0.25) is 0 Å². The molecule has 0 fully saturated rings. The minimum atomic E-state index is -1.41. The van der Waals surface area contributed by atoms with Crippen LogP contribution in [0.15, 0.2) is 17.3 Å². The van der Waals surface area contributed by atoms with Crippen molar-refractivity contribution in [3.8, 4) is 0 Å². The third-order valence-electron chi connectivity index (χ3n) is 2.40. The molecule has 0 saturated carbocycles. The highest BCUT2D eigenvalue weighted by atomic mass is 16.5. The molecule has 1 rings (SSSR count). The summed E-state index contributed by atoms with van der Waals surface area (Å²) in [5.74, 6) is 0.141. The Morgan fingerprint density at radius 3 is 3.06 bits per heavy atom. The SMILES string of the molecule is CC1=NC=C[C@H](CNC(=O)CCC(O)O)C1. The van der Waals surface area contributed by atoms with Crippen molar-refractivity contribution >= 4 is 11.6 Å². The predicted molar refractivity (Wildman–Crippen MR) is 60.8 cm³/mol. The van der Waals surface area contributed by atoms with Gasteiger partial charge >= 0.3 is 0 Å². The normalized spacial score (nSPS) is 19.8. The zero-order valence-corrected chi connectivity index (χ0v) is 9.39. The first-order valence-electron chi connectivity index (χ1n) is 5.40. The van der Waals surface area contributed by atoms with Gasteiger partial charge < -0.3 is 15.5 Å². The van der Waals surface area contributed by atoms with Gasteiger partial charge in [-0.15, -0.1) is 0 Å². The fourth-order valence-electron chi connectivity index (χ4n) is 1.53. The maximum Gasteiger partial charge on any atom is 0.220 e. The van der Waals surface area contributed by atoms with E-state index in [2.05, 4.69) is 10.3 Å². The van der Waals surface area contributed by atoms with Gasteiger partial charge in [-0.2, -0.15) is 0 Å². The summed E-state index contributed by atoms with van der Waals surface area (Å²) in [5, 5.41) is 20.0. The van der Waals surface area contributed by atoms with Crippen molar-refractivity contribution in [2.24, 2.45) is 10.9 Å². The number of aliphatic hydroxyl groups excluding tert-OH is 1. The van der Waals surface area contributed by atoms with E-state index in [1.54, 1.807) is 6.20 Å². The lowest BCUT2D eigenvalue weighted by Gasteiger charge is -2.16. The van der Waals surface area contributed by atoms with E-state index in [9.17, 15) is 4.79 Å². The molecule has 0 unspecified atom stereocenters. The fraction of sp³-hybridized carbons (Fsp3) is 0.636. The van der Waals surface area contributed by atoms with E-state index < -0.39 is 6.29 Å². The molecule has 1 aliphatic heterocycles. The molecule has 16 heavy (non-hydrogen) atoms. The number of nitrogens with zero attached hydrogens (tertiary/aromatic N) is 1. The van der Waals surface area contributed by atoms with E-state index in [1.807, 2.05) is 13.0 Å². The maximum absolute atomic E-state index is 11.3. The number of aliphatic hydroxyl groups is 2. The second-order valence-corrected chi connectivity index (χ2v) is 3.99. The molecule has 1 heterocycles. The van der Waals surface area contributed by atoms with E-state index in [4.69, 9.17) is 10.2 Å². The molecule has 5 heteroatoms. The van der Waals surface area contributed by atoms with Crippen LogP contribution in [0.25, 0.3) is 0 Å². The van der Waals surface area contributed by atoms with Crippen molar-refractivity contribution in [3.63, 3.8) is 0 Å². The summed E-state index contributed by atoms with van der Waals surface area (Å²) >= 11 is 0. The van der Waals surface area contributed by atoms with Crippen molar-refractivity contribution < 1.29 is 15.0 Å². The lowest BCUT2D eigenvalue weighted by atomic mass is 10.0. The largest absolute Gasteiger partial charge is 0.368 e. The van der Waals surface area contributed by atoms with Crippen molar-refractivity contribution in [2.45, 2.75) is 32.5 Å². The van der Waals surface area contributed by atoms with Gasteiger partial charge in [0, 0.05) is 37.2 Å². The first kappa shape index (κ1) is 12.9. The number of hydrogen-bond donors (Lipinski definition) is 3. The first-order chi connectivity index (χ1) is 7.58. The molecule has 1 atom stereocenters. The van der Waals surface area contributed by atoms with E-state index in [0.29, 0.717) is 12.5 Å². The van der Waals surface area contributed by atoms with Crippen molar-refractivity contribution in [1.82, 2.24) is 5.32 Å². The number of rotatable bonds is 5. The zero-order valence-electron chi connectivity index (χ0n) is 9.39. The summed E-state index contributed by atoms with van der Waals surface area (Å²) in [6.07, 6.45) is 3.39. The molecule has 90 valence electrons. The molecule has 0 aromatic carbocycles. The molecular weight excluding hydrogens is 208 g/mol. The molecule has 1 amide bonds. The second-order valence-electron chi connectivity index (χ2n) is 3.99. The van der Waals surface area contributed by atoms with Gasteiger partial charge in [-0.05, 0) is 13.3 Å². The molecule has 0 bridgehead atoms. The molecule has 0 aliphatic carbocycles. The fourth-order valence-corrected chi connectivity index (χ4v) is 1.53. The standard InChI is InChI=1S/C11H18N2O3/c1-8-6-9(4-5-12-8)7-13-10(14)2-3-11(15)16/h4-5,9,11,15-16H,2-3,6-7H2,1H3,(H,13,14)/t9-/m0/s1. The van der Waals surface area contributed by atoms with Crippen LogP contribution in [-0.2, 0) is 4.79 Å². The topological polar surface area (TPSA) is 81.9 Å². The van der Waals surface area contributed by atoms with Gasteiger partial charge in [-0.3, -0.25) is 9.79 Å². The molecule has 0 aromatic rings. The Morgan fingerprint density at radius 2 is 2.44 bits per heavy atom. The van der Waals surface area contributed by atoms with Crippen molar-refractivity contribution in [1.29, 1.82) is 0 Å². The highest BCUT2D eigenvalue weighted by Crippen LogP contribution is 2.10. The van der Waals surface area contributed by atoms with Crippen molar-refractivity contribution in [3.05, 3.63) is 12.3 Å². The van der Waals surface area contributed by atoms with E-state index >= 15 is 0 Å². The summed E-state index contributed by atoms with van der Waals surface area (Å²) in [6.45, 7) is 2.53. The third kappa shape index (κ3) is 5.04. The summed E-state index contributed by atoms with van der Waals surface area (Å²) in [7, 11) is 0. The second kappa shape index (κ2) is 6.40. The Kier molecular flexibility index (Phi) is 5.14. The Morgan fingerprint density at radius 1 is 1.69 bits per heavy atom. The minimum absolute atomic E-state index is 0.0762. The van der Waals surface area contributed by atoms with Gasteiger partial charge in [0.05, 0.1) is 0 Å². The Balaban J connectivity index is 2.17. The van der Waals surface area contributed by atoms with E-state index in [0.717, 1.165) is 12.1 Å². The van der Waals surface area contributed by atoms with E-state index in [1.165, 1.54) is 0 Å². The van der Waals surface area contributed by atoms with Gasteiger partial charge in [0.1, 0.15) is 0 Å². The number of hydrogen-bond acceptors (Lipinski definition) is 4. The quantitative estimate of drug-likeness (QED) is 0.585. The van der Waals surface area contributed by atoms with Crippen LogP contribution < -0.4 is 5.32 Å². The number of nitrogens with one attached hydrogen (secondary N) is 1. The van der Waals surface area contributed by atoms with Gasteiger partial charge in [0.15, 0.2) is 6.29 Å². The Labute approximate surface area is 94.9 Å². The molecule has 0 aromatic heterocycles. The number of amides is 1. The van der Waals surface area contributed by atoms with E-state index in [-0.39, 0.29) is 18.7 Å². The van der Waals surface area contributed by atoms with Crippen LogP contribution in [0.5, 0.6) is 0 Å². The molecule has 5 nitrogen and oxygen atoms in total. The summed E-state index contributed by atoms with van der Waals surface area (Å²) in [5.41, 5.74) is 1.06. The molecular formula is C11H18N2O3. The molecule has 3 N–H and O–H groups in total. The van der Waals surface area contributed by atoms with Crippen LogP contribution in [0, 0.1) is 5.92 Å². The average Bonchev–Trinajstić information content (AvgIpc) is 2.23. The summed E-state index contributed by atoms with van der Waals surface area (Å²) in [6, 6.07) is 0. The van der Waals surface area contributed by atoms with Gasteiger partial charge in [-0.25, -0.2) is 0 Å². The molecule has 0 saturated heterocycles. The lowest BCUT2D eigenvalue weighted by molar-refractivity contribution is -0.123. The highest BCUT2D eigenvalue weighted by molar-refractivity contribution is 5.83. The Bertz CT molecular complexity index is 298. The van der Waals surface area contributed by atoms with Crippen LogP contribution in [0.4, 0.5) is 0 Å². The Hall–Kier alpha value is -1.20. The highest BCUT2D eigenvalue weighted by Gasteiger charge is 2.11. The van der Waals surface area contributed by atoms with Gasteiger partial charge in [0.25, 0.3) is 0 Å². The maximum atomic E-state index is 11.3. The zero-order chi connectivity index (χ0) is 12.0. The van der Waals surface area contributed by atoms with Crippen LogP contribution in [-0.4, -0.2) is 34.7 Å². The van der Waals surface area contributed by atoms with Gasteiger partial charge in [-0.1, -0.05) is 6.08 Å². The lowest BCUT2D eigenvalue weighted by Crippen LogP contribution is -2.30. The van der Waals surface area contributed by atoms with Crippen molar-refractivity contribution in [2.75, 3.05) is 6.54 Å². The molecule has 0 radical (unpaired) electrons. The van der Waals surface area contributed by atoms with Crippen LogP contribution in [0.3, 0.4) is 0 Å². The number of carbonyl (C=O) groups is 1. The summed E-state index contributed by atoms with van der Waals surface area (Å²) < 4.78 is 0. The predicted octanol–water partition coefficient (Wildman–Crippen LogP) is 0.188. The molecule has 0 spiro atoms. The average molecular weight is 226 g/mol. The number of carbonyl (C=O) groups excluding carboxylic acids is 1. The monoisotopic (exact) mass is 226 g/mol. The van der Waals surface area contributed by atoms with Gasteiger partial charge in [0.2, 0.25) is 5.91 Å². The minimum Gasteiger partial charge on any atom is -0.368 e. The third-order valence-corrected chi connectivity index (χ3v) is 2.40. The smallest absolute Gasteiger partial charge is 0.220 e.